The number of nitrogens with zero attached hydrogens (tertiary/aromatic N) is 2. The number of benzene rings is 2. The largest absolute Gasteiger partial charge is 0.324 e. The minimum atomic E-state index is -0.687. The number of anilines is 2. The topological polar surface area (TPSA) is 76.0 Å². The Kier molecular flexibility index (Phi) is 6.25. The van der Waals surface area contributed by atoms with E-state index in [4.69, 9.17) is 0 Å². The molecule has 0 aliphatic heterocycles. The van der Waals surface area contributed by atoms with Crippen LogP contribution >= 0.6 is 0 Å². The molecule has 0 aliphatic rings. The Morgan fingerprint density at radius 3 is 2.07 bits per heavy atom. The number of aromatic nitrogens is 2. The molecule has 30 heavy (non-hydrogen) atoms. The second-order valence-electron chi connectivity index (χ2n) is 6.98. The van der Waals surface area contributed by atoms with Crippen molar-refractivity contribution in [2.45, 2.75) is 33.2 Å². The van der Waals surface area contributed by atoms with Crippen LogP contribution in [-0.4, -0.2) is 21.6 Å². The van der Waals surface area contributed by atoms with Crippen LogP contribution in [0.25, 0.3) is 0 Å². The van der Waals surface area contributed by atoms with Crippen molar-refractivity contribution in [2.24, 2.45) is 0 Å². The predicted octanol–water partition coefficient (Wildman–Crippen LogP) is 4.62. The second-order valence-corrected chi connectivity index (χ2v) is 6.98. The Morgan fingerprint density at radius 2 is 1.53 bits per heavy atom. The molecule has 3 aromatic rings. The molecule has 0 bridgehead atoms. The van der Waals surface area contributed by atoms with Gasteiger partial charge in [0, 0.05) is 17.6 Å². The normalized spacial score (nSPS) is 11.8. The molecule has 0 saturated heterocycles. The van der Waals surface area contributed by atoms with Gasteiger partial charge in [-0.2, -0.15) is 5.10 Å². The van der Waals surface area contributed by atoms with Crippen molar-refractivity contribution in [3.63, 3.8) is 0 Å². The number of halogens is 2. The van der Waals surface area contributed by atoms with Gasteiger partial charge >= 0.3 is 0 Å². The minimum absolute atomic E-state index is 0.0867. The number of rotatable bonds is 6. The summed E-state index contributed by atoms with van der Waals surface area (Å²) in [6, 6.07) is 9.62. The summed E-state index contributed by atoms with van der Waals surface area (Å²) in [7, 11) is 0. The number of hydrogen-bond acceptors (Lipinski definition) is 3. The van der Waals surface area contributed by atoms with Gasteiger partial charge in [0.15, 0.2) is 5.69 Å². The third-order valence-corrected chi connectivity index (χ3v) is 4.72. The van der Waals surface area contributed by atoms with Crippen LogP contribution in [0.3, 0.4) is 0 Å². The highest BCUT2D eigenvalue weighted by Crippen LogP contribution is 2.19. The summed E-state index contributed by atoms with van der Waals surface area (Å²) in [5, 5.41) is 9.44. The molecule has 1 atom stereocenters. The fourth-order valence-electron chi connectivity index (χ4n) is 2.89. The smallest absolute Gasteiger partial charge is 0.276 e. The van der Waals surface area contributed by atoms with Gasteiger partial charge in [-0.05, 0) is 61.7 Å². The van der Waals surface area contributed by atoms with E-state index >= 15 is 0 Å². The highest BCUT2D eigenvalue weighted by molar-refractivity contribution is 6.02. The van der Waals surface area contributed by atoms with E-state index in [2.05, 4.69) is 15.7 Å². The fraction of sp³-hybridized carbons (Fsp3) is 0.227. The minimum Gasteiger partial charge on any atom is -0.324 e. The van der Waals surface area contributed by atoms with Crippen molar-refractivity contribution < 1.29 is 18.4 Å². The van der Waals surface area contributed by atoms with Crippen LogP contribution in [-0.2, 0) is 4.79 Å². The molecule has 1 heterocycles. The van der Waals surface area contributed by atoms with E-state index in [0.717, 1.165) is 0 Å². The molecule has 0 fully saturated rings. The van der Waals surface area contributed by atoms with Crippen LogP contribution in [0.15, 0.2) is 48.7 Å². The highest BCUT2D eigenvalue weighted by Gasteiger charge is 2.21. The molecular formula is C22H22F2N4O2. The number of amides is 2. The van der Waals surface area contributed by atoms with E-state index in [-0.39, 0.29) is 11.6 Å². The van der Waals surface area contributed by atoms with Crippen molar-refractivity contribution in [3.05, 3.63) is 77.1 Å². The van der Waals surface area contributed by atoms with Crippen LogP contribution in [0.2, 0.25) is 0 Å². The van der Waals surface area contributed by atoms with Gasteiger partial charge in [0.05, 0.1) is 0 Å². The lowest BCUT2D eigenvalue weighted by molar-refractivity contribution is -0.119. The first kappa shape index (κ1) is 21.2. The molecule has 2 aromatic carbocycles. The van der Waals surface area contributed by atoms with Crippen molar-refractivity contribution in [3.8, 4) is 0 Å². The Balaban J connectivity index is 1.71. The number of nitrogens with one attached hydrogen (secondary N) is 2. The Morgan fingerprint density at radius 1 is 0.967 bits per heavy atom. The molecule has 3 rings (SSSR count). The SMILES string of the molecule is CCC(C(=O)Nc1ccc(C)c(F)c1)n1ccc(C(=O)Nc2ccc(C)c(F)c2)n1. The van der Waals surface area contributed by atoms with E-state index in [1.54, 1.807) is 45.0 Å². The number of hydrogen-bond donors (Lipinski definition) is 2. The van der Waals surface area contributed by atoms with Gasteiger partial charge in [-0.1, -0.05) is 19.1 Å². The van der Waals surface area contributed by atoms with Crippen LogP contribution < -0.4 is 10.6 Å². The number of carbonyl (C=O) groups excluding carboxylic acids is 2. The molecule has 2 amide bonds. The van der Waals surface area contributed by atoms with E-state index in [1.165, 1.54) is 29.1 Å². The van der Waals surface area contributed by atoms with E-state index < -0.39 is 23.6 Å². The van der Waals surface area contributed by atoms with E-state index in [9.17, 15) is 18.4 Å². The summed E-state index contributed by atoms with van der Waals surface area (Å²) >= 11 is 0. The maximum absolute atomic E-state index is 13.7. The van der Waals surface area contributed by atoms with E-state index in [0.29, 0.717) is 28.9 Å². The molecule has 0 aliphatic carbocycles. The summed E-state index contributed by atoms with van der Waals surface area (Å²) in [5.41, 5.74) is 1.69. The fourth-order valence-corrected chi connectivity index (χ4v) is 2.89. The van der Waals surface area contributed by atoms with Gasteiger partial charge in [0.2, 0.25) is 5.91 Å². The van der Waals surface area contributed by atoms with Gasteiger partial charge in [0.1, 0.15) is 17.7 Å². The Hall–Kier alpha value is -3.55. The second kappa shape index (κ2) is 8.86. The van der Waals surface area contributed by atoms with Crippen LogP contribution in [0, 0.1) is 25.5 Å². The van der Waals surface area contributed by atoms with Gasteiger partial charge in [-0.15, -0.1) is 0 Å². The van der Waals surface area contributed by atoms with E-state index in [1.807, 2.05) is 0 Å². The van der Waals surface area contributed by atoms with Gasteiger partial charge in [-0.25, -0.2) is 8.78 Å². The Bertz CT molecular complexity index is 1090. The zero-order chi connectivity index (χ0) is 21.8. The van der Waals surface area contributed by atoms with Crippen LogP contribution in [0.1, 0.15) is 41.0 Å². The van der Waals surface area contributed by atoms with Crippen molar-refractivity contribution >= 4 is 23.2 Å². The standard InChI is InChI=1S/C22H22F2N4O2/c1-4-20(22(30)26-16-8-6-14(3)18(24)12-16)28-10-9-19(27-28)21(29)25-15-7-5-13(2)17(23)11-15/h5-12,20H,4H2,1-3H3,(H,25,29)(H,26,30). The predicted molar refractivity (Wildman–Crippen MR) is 110 cm³/mol. The number of aryl methyl sites for hydroxylation is 2. The molecule has 8 heteroatoms. The van der Waals surface area contributed by atoms with Crippen LogP contribution in [0.5, 0.6) is 0 Å². The lowest BCUT2D eigenvalue weighted by atomic mass is 10.2. The quantitative estimate of drug-likeness (QED) is 0.620. The average Bonchev–Trinajstić information content (AvgIpc) is 3.18. The lowest BCUT2D eigenvalue weighted by Gasteiger charge is -2.16. The summed E-state index contributed by atoms with van der Waals surface area (Å²) in [6.45, 7) is 5.07. The molecule has 0 spiro atoms. The van der Waals surface area contributed by atoms with Gasteiger partial charge in [-0.3, -0.25) is 14.3 Å². The zero-order valence-corrected chi connectivity index (χ0v) is 16.9. The van der Waals surface area contributed by atoms with Gasteiger partial charge < -0.3 is 10.6 Å². The first-order chi connectivity index (χ1) is 14.3. The molecule has 0 radical (unpaired) electrons. The van der Waals surface area contributed by atoms with Crippen LogP contribution in [0.4, 0.5) is 20.2 Å². The summed E-state index contributed by atoms with van der Waals surface area (Å²) in [5.74, 6) is -1.73. The average molecular weight is 412 g/mol. The lowest BCUT2D eigenvalue weighted by Crippen LogP contribution is -2.26. The molecular weight excluding hydrogens is 390 g/mol. The maximum Gasteiger partial charge on any atom is 0.276 e. The van der Waals surface area contributed by atoms with Crippen molar-refractivity contribution in [2.75, 3.05) is 10.6 Å². The van der Waals surface area contributed by atoms with Crippen molar-refractivity contribution in [1.82, 2.24) is 9.78 Å². The highest BCUT2D eigenvalue weighted by atomic mass is 19.1. The third kappa shape index (κ3) is 4.71. The van der Waals surface area contributed by atoms with Crippen molar-refractivity contribution in [1.29, 1.82) is 0 Å². The molecule has 2 N–H and O–H groups in total. The Labute approximate surface area is 172 Å². The number of carbonyl (C=O) groups is 2. The monoisotopic (exact) mass is 412 g/mol. The molecule has 6 nitrogen and oxygen atoms in total. The zero-order valence-electron chi connectivity index (χ0n) is 16.9. The summed E-state index contributed by atoms with van der Waals surface area (Å²) < 4.78 is 28.8. The maximum atomic E-state index is 13.7. The summed E-state index contributed by atoms with van der Waals surface area (Å²) in [4.78, 5) is 25.1. The molecule has 1 aromatic heterocycles. The first-order valence-electron chi connectivity index (χ1n) is 9.48. The van der Waals surface area contributed by atoms with Gasteiger partial charge in [0.25, 0.3) is 5.91 Å². The third-order valence-electron chi connectivity index (χ3n) is 4.72. The molecule has 0 saturated carbocycles. The summed E-state index contributed by atoms with van der Waals surface area (Å²) in [6.07, 6.45) is 1.93. The molecule has 1 unspecified atom stereocenters. The molecule has 156 valence electrons. The first-order valence-corrected chi connectivity index (χ1v) is 9.48.